The van der Waals surface area contributed by atoms with Gasteiger partial charge < -0.3 is 11.1 Å². The van der Waals surface area contributed by atoms with Crippen molar-refractivity contribution in [1.82, 2.24) is 10.3 Å². The molecule has 0 amide bonds. The van der Waals surface area contributed by atoms with Gasteiger partial charge in [-0.3, -0.25) is 9.88 Å². The molecule has 0 radical (unpaired) electrons. The number of benzene rings is 1. The van der Waals surface area contributed by atoms with Crippen LogP contribution in [0.1, 0.15) is 59.3 Å². The van der Waals surface area contributed by atoms with Gasteiger partial charge in [-0.05, 0) is 32.4 Å². The molecule has 1 aromatic carbocycles. The van der Waals surface area contributed by atoms with Gasteiger partial charge in [0.15, 0.2) is 0 Å². The average molecular weight is 453 g/mol. The molecule has 2 aromatic rings. The van der Waals surface area contributed by atoms with Gasteiger partial charge in [0.2, 0.25) is 11.9 Å². The maximum absolute atomic E-state index is 6.33. The van der Waals surface area contributed by atoms with Crippen LogP contribution in [0.4, 0.5) is 5.69 Å². The normalized spacial score (nSPS) is 15.0. The Morgan fingerprint density at radius 3 is 2.47 bits per heavy atom. The Morgan fingerprint density at radius 2 is 1.73 bits per heavy atom. The van der Waals surface area contributed by atoms with Gasteiger partial charge in [-0.2, -0.15) is 4.99 Å². The fraction of sp³-hybridized carbons (Fsp3) is 0.500. The van der Waals surface area contributed by atoms with Gasteiger partial charge in [0.1, 0.15) is 5.66 Å². The zero-order valence-electron chi connectivity index (χ0n) is 18.1. The van der Waals surface area contributed by atoms with E-state index in [0.29, 0.717) is 11.9 Å². The second-order valence-electron chi connectivity index (χ2n) is 7.82. The average Bonchev–Trinajstić information content (AvgIpc) is 2.66. The summed E-state index contributed by atoms with van der Waals surface area (Å²) in [6.07, 6.45) is 9.41. The molecule has 0 bridgehead atoms. The summed E-state index contributed by atoms with van der Waals surface area (Å²) in [6.45, 7) is 7.19. The predicted molar refractivity (Wildman–Crippen MR) is 133 cm³/mol. The number of guanidine groups is 2. The van der Waals surface area contributed by atoms with Crippen LogP contribution in [0.3, 0.4) is 0 Å². The van der Waals surface area contributed by atoms with Crippen LogP contribution in [0.2, 0.25) is 0 Å². The Labute approximate surface area is 192 Å². The molecule has 1 aromatic heterocycles. The highest BCUT2D eigenvalue weighted by Crippen LogP contribution is 2.29. The number of unbranched alkanes of at least 4 members (excludes halogenated alkanes) is 5. The van der Waals surface area contributed by atoms with Crippen molar-refractivity contribution in [1.29, 1.82) is 0 Å². The topological polar surface area (TPSA) is 78.9 Å². The van der Waals surface area contributed by atoms with Crippen molar-refractivity contribution in [2.75, 3.05) is 11.4 Å². The minimum atomic E-state index is -0.542. The molecule has 0 spiro atoms. The van der Waals surface area contributed by atoms with Gasteiger partial charge in [-0.15, -0.1) is 24.8 Å². The van der Waals surface area contributed by atoms with Crippen molar-refractivity contribution in [3.63, 3.8) is 0 Å². The zero-order chi connectivity index (χ0) is 20.0. The molecule has 3 rings (SSSR count). The highest BCUT2D eigenvalue weighted by atomic mass is 35.5. The molecule has 30 heavy (non-hydrogen) atoms. The number of pyridine rings is 1. The second kappa shape index (κ2) is 12.0. The maximum atomic E-state index is 6.33. The van der Waals surface area contributed by atoms with E-state index < -0.39 is 5.66 Å². The summed E-state index contributed by atoms with van der Waals surface area (Å²) >= 11 is 0. The minimum absolute atomic E-state index is 0. The van der Waals surface area contributed by atoms with E-state index in [1.165, 1.54) is 32.1 Å². The lowest BCUT2D eigenvalue weighted by molar-refractivity contribution is 0.528. The lowest BCUT2D eigenvalue weighted by atomic mass is 10.1. The van der Waals surface area contributed by atoms with E-state index >= 15 is 0 Å². The van der Waals surface area contributed by atoms with Crippen LogP contribution >= 0.6 is 24.8 Å². The predicted octanol–water partition coefficient (Wildman–Crippen LogP) is 5.26. The zero-order valence-corrected chi connectivity index (χ0v) is 19.7. The maximum Gasteiger partial charge on any atom is 0.223 e. The number of nitrogens with two attached hydrogens (primary N) is 1. The number of hydrogen-bond donors (Lipinski definition) is 2. The summed E-state index contributed by atoms with van der Waals surface area (Å²) in [5, 5.41) is 4.41. The van der Waals surface area contributed by atoms with Crippen LogP contribution in [0, 0.1) is 0 Å². The highest BCUT2D eigenvalue weighted by Gasteiger charge is 2.33. The van der Waals surface area contributed by atoms with Crippen LogP contribution in [0.25, 0.3) is 10.9 Å². The Kier molecular flexibility index (Phi) is 10.4. The van der Waals surface area contributed by atoms with Gasteiger partial charge >= 0.3 is 0 Å². The molecule has 3 N–H and O–H groups in total. The first-order chi connectivity index (χ1) is 13.5. The van der Waals surface area contributed by atoms with E-state index in [-0.39, 0.29) is 24.8 Å². The first-order valence-corrected chi connectivity index (χ1v) is 10.3. The number of rotatable bonds is 8. The van der Waals surface area contributed by atoms with Crippen molar-refractivity contribution in [2.24, 2.45) is 15.7 Å². The van der Waals surface area contributed by atoms with Crippen LogP contribution in [0.15, 0.2) is 46.5 Å². The number of hydrogen-bond acceptors (Lipinski definition) is 6. The van der Waals surface area contributed by atoms with E-state index in [9.17, 15) is 0 Å². The van der Waals surface area contributed by atoms with Gasteiger partial charge in [-0.1, -0.05) is 57.2 Å². The quantitative estimate of drug-likeness (QED) is 0.535. The van der Waals surface area contributed by atoms with Gasteiger partial charge in [-0.25, -0.2) is 4.99 Å². The fourth-order valence-corrected chi connectivity index (χ4v) is 3.59. The Balaban J connectivity index is 0.00000225. The molecule has 0 saturated heterocycles. The Morgan fingerprint density at radius 1 is 1.03 bits per heavy atom. The van der Waals surface area contributed by atoms with Gasteiger partial charge in [0.05, 0.1) is 17.4 Å². The summed E-state index contributed by atoms with van der Waals surface area (Å²) < 4.78 is 0. The van der Waals surface area contributed by atoms with Crippen LogP contribution in [-0.2, 0) is 0 Å². The Hall–Kier alpha value is -2.05. The molecular formula is C22H34Cl2N6. The largest absolute Gasteiger partial charge is 0.369 e. The van der Waals surface area contributed by atoms with Gasteiger partial charge in [0, 0.05) is 11.9 Å². The van der Waals surface area contributed by atoms with Crippen LogP contribution in [-0.4, -0.2) is 29.1 Å². The van der Waals surface area contributed by atoms with E-state index in [1.54, 1.807) is 0 Å². The molecule has 166 valence electrons. The van der Waals surface area contributed by atoms with Crippen molar-refractivity contribution in [3.05, 3.63) is 36.5 Å². The molecule has 1 aliphatic heterocycles. The number of aliphatic imine (C=N–C) groups is 2. The van der Waals surface area contributed by atoms with Gasteiger partial charge in [0.25, 0.3) is 0 Å². The third-order valence-corrected chi connectivity index (χ3v) is 5.02. The van der Waals surface area contributed by atoms with E-state index in [1.807, 2.05) is 49.2 Å². The summed E-state index contributed by atoms with van der Waals surface area (Å²) in [5.74, 6) is 1.04. The van der Waals surface area contributed by atoms with Crippen molar-refractivity contribution in [3.8, 4) is 0 Å². The molecule has 2 heterocycles. The second-order valence-corrected chi connectivity index (χ2v) is 7.82. The third kappa shape index (κ3) is 6.47. The third-order valence-electron chi connectivity index (χ3n) is 5.02. The monoisotopic (exact) mass is 452 g/mol. The molecule has 0 fully saturated rings. The lowest BCUT2D eigenvalue weighted by Crippen LogP contribution is -2.54. The molecular weight excluding hydrogens is 419 g/mol. The minimum Gasteiger partial charge on any atom is -0.369 e. The number of para-hydroxylation sites is 1. The number of nitrogens with zero attached hydrogens (tertiary/aromatic N) is 4. The van der Waals surface area contributed by atoms with E-state index in [2.05, 4.69) is 28.3 Å². The van der Waals surface area contributed by atoms with Crippen molar-refractivity contribution < 1.29 is 0 Å². The molecule has 0 atom stereocenters. The fourth-order valence-electron chi connectivity index (χ4n) is 3.59. The molecule has 0 unspecified atom stereocenters. The lowest BCUT2D eigenvalue weighted by Gasteiger charge is -2.38. The number of fused-ring (bicyclic) bond motifs is 1. The summed E-state index contributed by atoms with van der Waals surface area (Å²) in [4.78, 5) is 15.8. The van der Waals surface area contributed by atoms with E-state index in [4.69, 9.17) is 10.7 Å². The van der Waals surface area contributed by atoms with Crippen molar-refractivity contribution in [2.45, 2.75) is 65.0 Å². The highest BCUT2D eigenvalue weighted by molar-refractivity contribution is 6.06. The molecule has 0 aliphatic carbocycles. The van der Waals surface area contributed by atoms with Crippen LogP contribution in [0.5, 0.6) is 0 Å². The molecule has 8 heteroatoms. The number of halogens is 2. The molecule has 6 nitrogen and oxygen atoms in total. The Bertz CT molecular complexity index is 866. The summed E-state index contributed by atoms with van der Waals surface area (Å²) in [7, 11) is 0. The SMILES string of the molecule is CCCCCCCCNC1=NC(C)(C)N(c2cnc3ccccc3c2)C(N)=N1.Cl.Cl. The van der Waals surface area contributed by atoms with E-state index in [0.717, 1.165) is 29.6 Å². The molecule has 1 aliphatic rings. The number of aromatic nitrogens is 1. The number of anilines is 1. The standard InChI is InChI=1S/C22H32N6.2ClH/c1-4-5-6-7-8-11-14-24-21-26-20(23)28(22(2,3)27-21)18-15-17-12-9-10-13-19(17)25-16-18;;/h9-10,12-13,15-16H,4-8,11,14H2,1-3H3,(H3,23,24,26,27);2*1H. The first-order valence-electron chi connectivity index (χ1n) is 10.3. The van der Waals surface area contributed by atoms with Crippen molar-refractivity contribution >= 4 is 53.3 Å². The first kappa shape index (κ1) is 26.0. The smallest absolute Gasteiger partial charge is 0.223 e. The molecule has 0 saturated carbocycles. The summed E-state index contributed by atoms with van der Waals surface area (Å²) in [5.41, 5.74) is 7.64. The van der Waals surface area contributed by atoms with Crippen LogP contribution < -0.4 is 16.0 Å². The summed E-state index contributed by atoms with van der Waals surface area (Å²) in [6, 6.07) is 10.1. The number of nitrogens with one attached hydrogen (secondary N) is 1.